The van der Waals surface area contributed by atoms with Crippen molar-refractivity contribution >= 4 is 17.2 Å². The highest BCUT2D eigenvalue weighted by atomic mass is 32.1. The van der Waals surface area contributed by atoms with E-state index in [9.17, 15) is 13.6 Å². The minimum Gasteiger partial charge on any atom is -0.332 e. The molecule has 5 rings (SSSR count). The molecule has 2 aromatic heterocycles. The zero-order chi connectivity index (χ0) is 24.4. The van der Waals surface area contributed by atoms with Gasteiger partial charge in [-0.1, -0.05) is 30.3 Å². The Morgan fingerprint density at radius 2 is 1.97 bits per heavy atom. The van der Waals surface area contributed by atoms with Crippen LogP contribution in [0.1, 0.15) is 39.1 Å². The van der Waals surface area contributed by atoms with Gasteiger partial charge in [0.25, 0.3) is 5.91 Å². The monoisotopic (exact) mass is 492 g/mol. The van der Waals surface area contributed by atoms with Crippen molar-refractivity contribution in [3.8, 4) is 5.69 Å². The molecule has 0 saturated heterocycles. The van der Waals surface area contributed by atoms with E-state index in [2.05, 4.69) is 4.90 Å². The normalized spacial score (nSPS) is 13.6. The first-order valence-corrected chi connectivity index (χ1v) is 12.6. The number of carbonyl (C=O) groups is 1. The molecule has 35 heavy (non-hydrogen) atoms. The lowest BCUT2D eigenvalue weighted by Gasteiger charge is -2.28. The quantitative estimate of drug-likeness (QED) is 0.345. The van der Waals surface area contributed by atoms with Gasteiger partial charge >= 0.3 is 0 Å². The molecule has 1 aliphatic heterocycles. The van der Waals surface area contributed by atoms with Gasteiger partial charge in [0.15, 0.2) is 0 Å². The summed E-state index contributed by atoms with van der Waals surface area (Å²) in [5, 5.41) is 6.76. The Balaban J connectivity index is 1.49. The second-order valence-electron chi connectivity index (χ2n) is 8.61. The van der Waals surface area contributed by atoms with Crippen molar-refractivity contribution in [1.82, 2.24) is 19.6 Å². The second kappa shape index (κ2) is 10.1. The Labute approximate surface area is 207 Å². The number of halogens is 2. The van der Waals surface area contributed by atoms with Crippen LogP contribution in [-0.4, -0.2) is 38.6 Å². The molecule has 1 amide bonds. The van der Waals surface area contributed by atoms with E-state index in [4.69, 9.17) is 5.10 Å². The molecule has 3 heterocycles. The largest absolute Gasteiger partial charge is 0.332 e. The fourth-order valence-corrected chi connectivity index (χ4v) is 5.25. The number of rotatable bonds is 7. The first-order valence-electron chi connectivity index (χ1n) is 11.7. The van der Waals surface area contributed by atoms with Gasteiger partial charge in [-0.05, 0) is 42.6 Å². The third-order valence-corrected chi connectivity index (χ3v) is 7.22. The van der Waals surface area contributed by atoms with E-state index in [0.717, 1.165) is 23.5 Å². The van der Waals surface area contributed by atoms with Crippen molar-refractivity contribution in [2.75, 3.05) is 13.1 Å². The van der Waals surface area contributed by atoms with E-state index >= 15 is 0 Å². The van der Waals surface area contributed by atoms with Gasteiger partial charge in [-0.25, -0.2) is 13.5 Å². The number of benzene rings is 2. The van der Waals surface area contributed by atoms with E-state index in [1.807, 2.05) is 36.6 Å². The summed E-state index contributed by atoms with van der Waals surface area (Å²) in [5.74, 6) is -0.573. The van der Waals surface area contributed by atoms with Crippen LogP contribution >= 0.6 is 11.3 Å². The SMILES string of the molecule is CCN(Cc1nn(-c2cccc(F)c2)c2c1CN(Cc1ccccc1F)CC2)C(=O)c1cccs1. The Morgan fingerprint density at radius 1 is 1.11 bits per heavy atom. The van der Waals surface area contributed by atoms with Crippen molar-refractivity contribution in [2.45, 2.75) is 33.0 Å². The van der Waals surface area contributed by atoms with E-state index in [1.54, 1.807) is 27.8 Å². The topological polar surface area (TPSA) is 41.4 Å². The highest BCUT2D eigenvalue weighted by Crippen LogP contribution is 2.28. The number of hydrogen-bond acceptors (Lipinski definition) is 4. The molecule has 0 saturated carbocycles. The zero-order valence-electron chi connectivity index (χ0n) is 19.5. The molecule has 0 bridgehead atoms. The van der Waals surface area contributed by atoms with Crippen LogP contribution in [0.2, 0.25) is 0 Å². The standard InChI is InChI=1S/C27H26F2N4OS/c1-2-32(27(34)26-11-6-14-35-26)18-24-22-17-31(16-19-7-3-4-10-23(19)29)13-12-25(22)33(30-24)21-9-5-8-20(28)15-21/h3-11,14-15H,2,12-13,16-18H2,1H3. The molecule has 0 N–H and O–H groups in total. The average molecular weight is 493 g/mol. The minimum atomic E-state index is -0.326. The van der Waals surface area contributed by atoms with Gasteiger partial charge in [0, 0.05) is 43.7 Å². The number of fused-ring (bicyclic) bond motifs is 1. The van der Waals surface area contributed by atoms with Crippen LogP contribution in [-0.2, 0) is 26.1 Å². The van der Waals surface area contributed by atoms with E-state index in [1.165, 1.54) is 29.5 Å². The maximum Gasteiger partial charge on any atom is 0.264 e. The van der Waals surface area contributed by atoms with Crippen LogP contribution in [0.4, 0.5) is 8.78 Å². The van der Waals surface area contributed by atoms with E-state index in [-0.39, 0.29) is 17.5 Å². The number of hydrogen-bond donors (Lipinski definition) is 0. The summed E-state index contributed by atoms with van der Waals surface area (Å²) in [6.45, 7) is 4.64. The van der Waals surface area contributed by atoms with Crippen LogP contribution < -0.4 is 0 Å². The predicted octanol–water partition coefficient (Wildman–Crippen LogP) is 5.43. The van der Waals surface area contributed by atoms with Crippen molar-refractivity contribution in [3.63, 3.8) is 0 Å². The van der Waals surface area contributed by atoms with Gasteiger partial charge in [0.2, 0.25) is 0 Å². The molecule has 0 fully saturated rings. The molecule has 8 heteroatoms. The summed E-state index contributed by atoms with van der Waals surface area (Å²) < 4.78 is 30.1. The number of aromatic nitrogens is 2. The van der Waals surface area contributed by atoms with Crippen molar-refractivity contribution in [1.29, 1.82) is 0 Å². The highest BCUT2D eigenvalue weighted by Gasteiger charge is 2.28. The molecule has 0 aliphatic carbocycles. The average Bonchev–Trinajstić information content (AvgIpc) is 3.52. The third-order valence-electron chi connectivity index (χ3n) is 6.37. The molecule has 0 radical (unpaired) electrons. The molecule has 4 aromatic rings. The maximum atomic E-state index is 14.3. The molecular formula is C27H26F2N4OS. The maximum absolute atomic E-state index is 14.3. The third kappa shape index (κ3) is 4.90. The predicted molar refractivity (Wildman–Crippen MR) is 132 cm³/mol. The highest BCUT2D eigenvalue weighted by molar-refractivity contribution is 7.12. The summed E-state index contributed by atoms with van der Waals surface area (Å²) in [6.07, 6.45) is 0.693. The Bertz CT molecular complexity index is 1330. The lowest BCUT2D eigenvalue weighted by Crippen LogP contribution is -2.33. The molecule has 0 unspecified atom stereocenters. The lowest BCUT2D eigenvalue weighted by atomic mass is 10.0. The molecule has 0 atom stereocenters. The first kappa shape index (κ1) is 23.4. The van der Waals surface area contributed by atoms with Gasteiger partial charge in [-0.3, -0.25) is 9.69 Å². The van der Waals surface area contributed by atoms with Gasteiger partial charge in [-0.15, -0.1) is 11.3 Å². The molecule has 1 aliphatic rings. The summed E-state index contributed by atoms with van der Waals surface area (Å²) in [6, 6.07) is 16.9. The Morgan fingerprint density at radius 3 is 2.71 bits per heavy atom. The van der Waals surface area contributed by atoms with Gasteiger partial charge in [0.05, 0.1) is 28.5 Å². The Hall–Kier alpha value is -3.36. The van der Waals surface area contributed by atoms with Crippen molar-refractivity contribution in [3.05, 3.63) is 105 Å². The first-order chi connectivity index (χ1) is 17.0. The summed E-state index contributed by atoms with van der Waals surface area (Å²) >= 11 is 1.42. The smallest absolute Gasteiger partial charge is 0.264 e. The van der Waals surface area contributed by atoms with Crippen LogP contribution in [0.25, 0.3) is 5.69 Å². The number of amides is 1. The second-order valence-corrected chi connectivity index (χ2v) is 9.56. The Kier molecular flexibility index (Phi) is 6.74. The fraction of sp³-hybridized carbons (Fsp3) is 0.259. The van der Waals surface area contributed by atoms with E-state index in [0.29, 0.717) is 48.7 Å². The summed E-state index contributed by atoms with van der Waals surface area (Å²) in [4.78, 5) is 17.7. The van der Waals surface area contributed by atoms with Crippen LogP contribution in [0.3, 0.4) is 0 Å². The van der Waals surface area contributed by atoms with Crippen molar-refractivity contribution < 1.29 is 13.6 Å². The number of carbonyl (C=O) groups excluding carboxylic acids is 1. The molecule has 180 valence electrons. The summed E-state index contributed by atoms with van der Waals surface area (Å²) in [7, 11) is 0. The molecule has 0 spiro atoms. The minimum absolute atomic E-state index is 0.0319. The van der Waals surface area contributed by atoms with Crippen LogP contribution in [0.5, 0.6) is 0 Å². The van der Waals surface area contributed by atoms with Crippen LogP contribution in [0.15, 0.2) is 66.0 Å². The van der Waals surface area contributed by atoms with Crippen LogP contribution in [0, 0.1) is 11.6 Å². The molecular weight excluding hydrogens is 466 g/mol. The number of thiophene rings is 1. The molecule has 2 aromatic carbocycles. The number of nitrogens with zero attached hydrogens (tertiary/aromatic N) is 4. The zero-order valence-corrected chi connectivity index (χ0v) is 20.3. The van der Waals surface area contributed by atoms with Gasteiger partial charge in [-0.2, -0.15) is 5.10 Å². The van der Waals surface area contributed by atoms with Crippen molar-refractivity contribution in [2.24, 2.45) is 0 Å². The lowest BCUT2D eigenvalue weighted by molar-refractivity contribution is 0.0754. The molecule has 5 nitrogen and oxygen atoms in total. The van der Waals surface area contributed by atoms with Gasteiger partial charge in [0.1, 0.15) is 11.6 Å². The van der Waals surface area contributed by atoms with E-state index < -0.39 is 0 Å². The fourth-order valence-electron chi connectivity index (χ4n) is 4.56. The summed E-state index contributed by atoms with van der Waals surface area (Å²) in [5.41, 5.74) is 4.12. The van der Waals surface area contributed by atoms with Gasteiger partial charge < -0.3 is 4.90 Å².